The Bertz CT molecular complexity index is 1260. The van der Waals surface area contributed by atoms with Crippen LogP contribution in [0.4, 0.5) is 10.8 Å². The van der Waals surface area contributed by atoms with E-state index in [2.05, 4.69) is 30.5 Å². The Hall–Kier alpha value is -3.29. The molecule has 0 radical (unpaired) electrons. The number of nitrogens with one attached hydrogen (secondary N) is 2. The maximum Gasteiger partial charge on any atom is 0.263 e. The zero-order chi connectivity index (χ0) is 21.7. The molecule has 0 aliphatic carbocycles. The summed E-state index contributed by atoms with van der Waals surface area (Å²) in [6, 6.07) is 15.2. The second-order valence-corrected chi connectivity index (χ2v) is 9.53. The first-order chi connectivity index (χ1) is 15.0. The number of thioether (sulfide) groups is 1. The van der Waals surface area contributed by atoms with E-state index in [1.165, 1.54) is 53.6 Å². The number of benzene rings is 2. The average Bonchev–Trinajstić information content (AvgIpc) is 3.45. The first kappa shape index (κ1) is 21.0. The maximum absolute atomic E-state index is 12.4. The lowest BCUT2D eigenvalue weighted by Gasteiger charge is -2.08. The molecule has 0 aliphatic heterocycles. The van der Waals surface area contributed by atoms with Crippen molar-refractivity contribution in [2.45, 2.75) is 10.1 Å². The van der Waals surface area contributed by atoms with Gasteiger partial charge < -0.3 is 5.32 Å². The number of anilines is 2. The smallest absolute Gasteiger partial charge is 0.263 e. The average molecular weight is 474 g/mol. The third kappa shape index (κ3) is 5.25. The summed E-state index contributed by atoms with van der Waals surface area (Å²) in [5.41, 5.74) is 1.26. The molecule has 31 heavy (non-hydrogen) atoms. The van der Waals surface area contributed by atoms with Crippen molar-refractivity contribution in [1.82, 2.24) is 25.2 Å². The molecule has 0 atom stereocenters. The van der Waals surface area contributed by atoms with E-state index in [4.69, 9.17) is 0 Å². The minimum Gasteiger partial charge on any atom is -0.325 e. The van der Waals surface area contributed by atoms with Crippen molar-refractivity contribution in [1.29, 1.82) is 0 Å². The number of hydrogen-bond donors (Lipinski definition) is 2. The van der Waals surface area contributed by atoms with E-state index in [0.29, 0.717) is 10.8 Å². The molecule has 4 aromatic rings. The van der Waals surface area contributed by atoms with Gasteiger partial charge in [0.2, 0.25) is 11.1 Å². The molecule has 4 rings (SSSR count). The minimum absolute atomic E-state index is 0.0668. The van der Waals surface area contributed by atoms with Crippen LogP contribution >= 0.6 is 23.1 Å². The standard InChI is InChI=1S/C18H15N7O3S3/c26-16(12-30-18-21-23-24-25(18)14-4-2-1-3-5-14)20-13-6-8-15(9-7-13)31(27,28)22-17-19-10-11-29-17/h1-11H,12H2,(H,19,22)(H,20,26). The summed E-state index contributed by atoms with van der Waals surface area (Å²) < 4.78 is 28.7. The van der Waals surface area contributed by atoms with Crippen molar-refractivity contribution in [3.8, 4) is 5.69 Å². The molecule has 2 aromatic heterocycles. The molecule has 0 spiro atoms. The third-order valence-corrected chi connectivity index (χ3v) is 6.97. The summed E-state index contributed by atoms with van der Waals surface area (Å²) >= 11 is 2.37. The van der Waals surface area contributed by atoms with Gasteiger partial charge in [0.25, 0.3) is 10.0 Å². The third-order valence-electron chi connectivity index (χ3n) is 3.88. The second-order valence-electron chi connectivity index (χ2n) is 6.01. The van der Waals surface area contributed by atoms with Gasteiger partial charge in [0, 0.05) is 17.3 Å². The van der Waals surface area contributed by atoms with Crippen LogP contribution in [0.1, 0.15) is 0 Å². The van der Waals surface area contributed by atoms with E-state index < -0.39 is 10.0 Å². The van der Waals surface area contributed by atoms with Crippen molar-refractivity contribution in [3.63, 3.8) is 0 Å². The van der Waals surface area contributed by atoms with Crippen LogP contribution in [0.3, 0.4) is 0 Å². The number of tetrazole rings is 1. The number of para-hydroxylation sites is 1. The summed E-state index contributed by atoms with van der Waals surface area (Å²) in [5, 5.41) is 16.7. The van der Waals surface area contributed by atoms with Crippen LogP contribution in [0.2, 0.25) is 0 Å². The Labute approximate surface area is 185 Å². The molecule has 0 bridgehead atoms. The maximum atomic E-state index is 12.4. The number of nitrogens with zero attached hydrogens (tertiary/aromatic N) is 5. The topological polar surface area (TPSA) is 132 Å². The number of rotatable bonds is 8. The molecular weight excluding hydrogens is 458 g/mol. The van der Waals surface area contributed by atoms with Crippen molar-refractivity contribution in [2.24, 2.45) is 0 Å². The van der Waals surface area contributed by atoms with E-state index in [1.807, 2.05) is 30.3 Å². The molecule has 13 heteroatoms. The first-order valence-corrected chi connectivity index (χ1v) is 12.1. The highest BCUT2D eigenvalue weighted by Gasteiger charge is 2.16. The molecule has 0 saturated heterocycles. The van der Waals surface area contributed by atoms with Gasteiger partial charge in [0.05, 0.1) is 16.3 Å². The van der Waals surface area contributed by atoms with Crippen LogP contribution in [0, 0.1) is 0 Å². The van der Waals surface area contributed by atoms with E-state index in [9.17, 15) is 13.2 Å². The summed E-state index contributed by atoms with van der Waals surface area (Å²) in [6.45, 7) is 0. The number of hydrogen-bond acceptors (Lipinski definition) is 9. The van der Waals surface area contributed by atoms with Gasteiger partial charge in [-0.25, -0.2) is 13.4 Å². The molecule has 2 heterocycles. The fraction of sp³-hybridized carbons (Fsp3) is 0.0556. The zero-order valence-corrected chi connectivity index (χ0v) is 18.2. The molecule has 0 saturated carbocycles. The lowest BCUT2D eigenvalue weighted by Crippen LogP contribution is -2.15. The quantitative estimate of drug-likeness (QED) is 0.373. The highest BCUT2D eigenvalue weighted by molar-refractivity contribution is 7.99. The molecule has 2 aromatic carbocycles. The van der Waals surface area contributed by atoms with Crippen LogP contribution in [-0.2, 0) is 14.8 Å². The predicted molar refractivity (Wildman–Crippen MR) is 118 cm³/mol. The van der Waals surface area contributed by atoms with Crippen molar-refractivity contribution in [2.75, 3.05) is 15.8 Å². The van der Waals surface area contributed by atoms with Crippen molar-refractivity contribution in [3.05, 3.63) is 66.2 Å². The molecule has 0 unspecified atom stereocenters. The zero-order valence-electron chi connectivity index (χ0n) is 15.7. The Morgan fingerprint density at radius 3 is 2.58 bits per heavy atom. The monoisotopic (exact) mass is 473 g/mol. The van der Waals surface area contributed by atoms with Gasteiger partial charge in [0.1, 0.15) is 0 Å². The molecular formula is C18H15N7O3S3. The molecule has 10 nitrogen and oxygen atoms in total. The van der Waals surface area contributed by atoms with Gasteiger partial charge in [-0.2, -0.15) is 4.68 Å². The summed E-state index contributed by atoms with van der Waals surface area (Å²) in [4.78, 5) is 16.3. The SMILES string of the molecule is O=C(CSc1nnnn1-c1ccccc1)Nc1ccc(S(=O)(=O)Nc2nccs2)cc1. The van der Waals surface area contributed by atoms with E-state index in [-0.39, 0.29) is 21.7 Å². The van der Waals surface area contributed by atoms with Gasteiger partial charge >= 0.3 is 0 Å². The van der Waals surface area contributed by atoms with Crippen LogP contribution in [0.25, 0.3) is 5.69 Å². The van der Waals surface area contributed by atoms with E-state index in [1.54, 1.807) is 10.1 Å². The number of sulfonamides is 1. The Balaban J connectivity index is 1.35. The minimum atomic E-state index is -3.74. The fourth-order valence-corrected chi connectivity index (χ4v) is 4.97. The van der Waals surface area contributed by atoms with Crippen molar-refractivity contribution < 1.29 is 13.2 Å². The molecule has 1 amide bonds. The number of aromatic nitrogens is 5. The lowest BCUT2D eigenvalue weighted by molar-refractivity contribution is -0.113. The molecule has 0 fully saturated rings. The number of thiazole rings is 1. The van der Waals surface area contributed by atoms with Crippen LogP contribution in [-0.4, -0.2) is 45.3 Å². The van der Waals surface area contributed by atoms with Gasteiger partial charge in [-0.15, -0.1) is 16.4 Å². The second kappa shape index (κ2) is 9.24. The predicted octanol–water partition coefficient (Wildman–Crippen LogP) is 2.65. The molecule has 2 N–H and O–H groups in total. The molecule has 0 aliphatic rings. The number of amides is 1. The Morgan fingerprint density at radius 2 is 1.87 bits per heavy atom. The normalized spacial score (nSPS) is 11.2. The Kier molecular flexibility index (Phi) is 6.25. The lowest BCUT2D eigenvalue weighted by atomic mass is 10.3. The number of carbonyl (C=O) groups excluding carboxylic acids is 1. The first-order valence-electron chi connectivity index (χ1n) is 8.80. The summed E-state index contributed by atoms with van der Waals surface area (Å²) in [5.74, 6) is -0.192. The van der Waals surface area contributed by atoms with Gasteiger partial charge in [-0.1, -0.05) is 30.0 Å². The Morgan fingerprint density at radius 1 is 1.10 bits per heavy atom. The van der Waals surface area contributed by atoms with Gasteiger partial charge in [-0.05, 0) is 46.8 Å². The van der Waals surface area contributed by atoms with Crippen molar-refractivity contribution >= 4 is 49.8 Å². The van der Waals surface area contributed by atoms with Crippen LogP contribution in [0.5, 0.6) is 0 Å². The van der Waals surface area contributed by atoms with Crippen LogP contribution in [0.15, 0.2) is 76.2 Å². The van der Waals surface area contributed by atoms with E-state index in [0.717, 1.165) is 5.69 Å². The van der Waals surface area contributed by atoms with Gasteiger partial charge in [0.15, 0.2) is 5.13 Å². The van der Waals surface area contributed by atoms with Crippen LogP contribution < -0.4 is 10.0 Å². The number of carbonyl (C=O) groups is 1. The van der Waals surface area contributed by atoms with Gasteiger partial charge in [-0.3, -0.25) is 9.52 Å². The fourth-order valence-electron chi connectivity index (χ4n) is 2.49. The summed E-state index contributed by atoms with van der Waals surface area (Å²) in [6.07, 6.45) is 1.51. The highest BCUT2D eigenvalue weighted by Crippen LogP contribution is 2.21. The van der Waals surface area contributed by atoms with E-state index >= 15 is 0 Å². The molecule has 158 valence electrons. The highest BCUT2D eigenvalue weighted by atomic mass is 32.2. The largest absolute Gasteiger partial charge is 0.325 e. The summed E-state index contributed by atoms with van der Waals surface area (Å²) in [7, 11) is -3.74.